The summed E-state index contributed by atoms with van der Waals surface area (Å²) in [6, 6.07) is 26.9. The molecule has 0 saturated carbocycles. The van der Waals surface area contributed by atoms with E-state index in [0.29, 0.717) is 12.0 Å². The predicted molar refractivity (Wildman–Crippen MR) is 147 cm³/mol. The number of nitrogens with zero attached hydrogens (tertiary/aromatic N) is 2. The molecular weight excluding hydrogens is 412 g/mol. The standard InChI is InChI=1S/C32H34N2/c1-23(2)29-13-9-27(10-14-29)21-25-5-7-26(8-6-25)22-28-11-15-31(16-12-28)34-32-19-17-30(18-20-32)33-24(3)4/h5-20,23-24H,21-22H2,1-4H3. The van der Waals surface area contributed by atoms with E-state index >= 15 is 0 Å². The van der Waals surface area contributed by atoms with E-state index in [9.17, 15) is 0 Å². The van der Waals surface area contributed by atoms with Crippen molar-refractivity contribution in [1.82, 2.24) is 0 Å². The second-order valence-electron chi connectivity index (χ2n) is 9.58. The van der Waals surface area contributed by atoms with Crippen molar-refractivity contribution in [2.24, 2.45) is 9.98 Å². The van der Waals surface area contributed by atoms with Crippen molar-refractivity contribution in [3.05, 3.63) is 125 Å². The van der Waals surface area contributed by atoms with Crippen LogP contribution in [0, 0.1) is 0 Å². The summed E-state index contributed by atoms with van der Waals surface area (Å²) < 4.78 is 0. The molecule has 4 rings (SSSR count). The third kappa shape index (κ3) is 6.74. The maximum atomic E-state index is 4.73. The maximum absolute atomic E-state index is 4.73. The highest BCUT2D eigenvalue weighted by atomic mass is 14.8. The molecule has 0 aromatic heterocycles. The van der Waals surface area contributed by atoms with Crippen molar-refractivity contribution in [1.29, 1.82) is 0 Å². The molecule has 0 aliphatic heterocycles. The molecule has 1 aliphatic rings. The summed E-state index contributed by atoms with van der Waals surface area (Å²) in [5, 5.41) is 0. The second-order valence-corrected chi connectivity index (χ2v) is 9.58. The minimum absolute atomic E-state index is 0.300. The van der Waals surface area contributed by atoms with E-state index in [1.807, 2.05) is 24.3 Å². The maximum Gasteiger partial charge on any atom is 0.0638 e. The van der Waals surface area contributed by atoms with Crippen LogP contribution in [0.2, 0.25) is 0 Å². The lowest BCUT2D eigenvalue weighted by atomic mass is 9.97. The lowest BCUT2D eigenvalue weighted by molar-refractivity contribution is 0.838. The van der Waals surface area contributed by atoms with Crippen molar-refractivity contribution < 1.29 is 0 Å². The largest absolute Gasteiger partial charge is 0.283 e. The van der Waals surface area contributed by atoms with Gasteiger partial charge in [-0.2, -0.15) is 0 Å². The average Bonchev–Trinajstić information content (AvgIpc) is 2.83. The summed E-state index contributed by atoms with van der Waals surface area (Å²) in [7, 11) is 0. The van der Waals surface area contributed by atoms with Crippen molar-refractivity contribution in [2.45, 2.75) is 52.5 Å². The number of benzene rings is 3. The molecule has 0 spiro atoms. The zero-order valence-corrected chi connectivity index (χ0v) is 20.7. The molecule has 2 heteroatoms. The average molecular weight is 447 g/mol. The van der Waals surface area contributed by atoms with Gasteiger partial charge in [-0.1, -0.05) is 74.5 Å². The van der Waals surface area contributed by atoms with Crippen LogP contribution in [-0.4, -0.2) is 17.5 Å². The molecule has 34 heavy (non-hydrogen) atoms. The summed E-state index contributed by atoms with van der Waals surface area (Å²) in [5.41, 5.74) is 9.65. The van der Waals surface area contributed by atoms with E-state index in [4.69, 9.17) is 4.99 Å². The first-order valence-electron chi connectivity index (χ1n) is 12.2. The van der Waals surface area contributed by atoms with Crippen LogP contribution in [0.5, 0.6) is 0 Å². The Morgan fingerprint density at radius 1 is 0.529 bits per heavy atom. The summed E-state index contributed by atoms with van der Waals surface area (Å²) in [5.74, 6) is 0.577. The van der Waals surface area contributed by atoms with Crippen LogP contribution < -0.4 is 0 Å². The Bertz CT molecular complexity index is 1190. The fourth-order valence-electron chi connectivity index (χ4n) is 4.02. The van der Waals surface area contributed by atoms with Crippen molar-refractivity contribution in [3.63, 3.8) is 0 Å². The van der Waals surface area contributed by atoms with Gasteiger partial charge >= 0.3 is 0 Å². The van der Waals surface area contributed by atoms with Gasteiger partial charge in [-0.15, -0.1) is 0 Å². The Hall–Kier alpha value is -3.52. The molecule has 0 heterocycles. The van der Waals surface area contributed by atoms with Gasteiger partial charge in [0, 0.05) is 6.04 Å². The first-order chi connectivity index (χ1) is 16.4. The van der Waals surface area contributed by atoms with E-state index in [-0.39, 0.29) is 0 Å². The van der Waals surface area contributed by atoms with Crippen LogP contribution in [-0.2, 0) is 12.8 Å². The van der Waals surface area contributed by atoms with Crippen LogP contribution in [0.1, 0.15) is 61.4 Å². The van der Waals surface area contributed by atoms with Crippen LogP contribution >= 0.6 is 0 Å². The fraction of sp³-hybridized carbons (Fsp3) is 0.250. The number of hydrogen-bond acceptors (Lipinski definition) is 2. The van der Waals surface area contributed by atoms with Gasteiger partial charge in [-0.25, -0.2) is 4.99 Å². The Labute approximate surface area is 204 Å². The molecule has 0 radical (unpaired) electrons. The van der Waals surface area contributed by atoms with Crippen LogP contribution in [0.25, 0.3) is 0 Å². The second kappa shape index (κ2) is 11.1. The number of aliphatic imine (C=N–C) groups is 2. The zero-order chi connectivity index (χ0) is 23.9. The third-order valence-electron chi connectivity index (χ3n) is 5.94. The van der Waals surface area contributed by atoms with Crippen molar-refractivity contribution in [2.75, 3.05) is 0 Å². The molecule has 1 aliphatic carbocycles. The van der Waals surface area contributed by atoms with E-state index < -0.39 is 0 Å². The highest BCUT2D eigenvalue weighted by Crippen LogP contribution is 2.20. The lowest BCUT2D eigenvalue weighted by Crippen LogP contribution is -2.02. The third-order valence-corrected chi connectivity index (χ3v) is 5.94. The first kappa shape index (κ1) is 23.6. The quantitative estimate of drug-likeness (QED) is 0.328. The van der Waals surface area contributed by atoms with E-state index in [0.717, 1.165) is 30.0 Å². The summed E-state index contributed by atoms with van der Waals surface area (Å²) in [6.45, 7) is 8.64. The van der Waals surface area contributed by atoms with Crippen LogP contribution in [0.3, 0.4) is 0 Å². The topological polar surface area (TPSA) is 24.7 Å². The molecule has 3 aromatic rings. The molecule has 0 unspecified atom stereocenters. The van der Waals surface area contributed by atoms with Gasteiger partial charge in [0.1, 0.15) is 0 Å². The normalized spacial score (nSPS) is 13.1. The lowest BCUT2D eigenvalue weighted by Gasteiger charge is -2.08. The molecule has 0 amide bonds. The fourth-order valence-corrected chi connectivity index (χ4v) is 4.02. The molecule has 0 N–H and O–H groups in total. The highest BCUT2D eigenvalue weighted by Gasteiger charge is 2.03. The summed E-state index contributed by atoms with van der Waals surface area (Å²) in [4.78, 5) is 9.29. The van der Waals surface area contributed by atoms with Crippen molar-refractivity contribution in [3.8, 4) is 0 Å². The smallest absolute Gasteiger partial charge is 0.0638 e. The van der Waals surface area contributed by atoms with E-state index in [2.05, 4.69) is 105 Å². The Morgan fingerprint density at radius 2 is 0.941 bits per heavy atom. The van der Waals surface area contributed by atoms with Crippen LogP contribution in [0.15, 0.2) is 107 Å². The molecule has 2 nitrogen and oxygen atoms in total. The molecule has 0 atom stereocenters. The Balaban J connectivity index is 1.34. The SMILES string of the molecule is CC(C)N=C1C=CC(=Nc2ccc(Cc3ccc(Cc4ccc(C(C)C)cc4)cc3)cc2)C=C1. The van der Waals surface area contributed by atoms with Gasteiger partial charge in [0.2, 0.25) is 0 Å². The van der Waals surface area contributed by atoms with Gasteiger partial charge in [0.25, 0.3) is 0 Å². The molecule has 0 saturated heterocycles. The van der Waals surface area contributed by atoms with E-state index in [1.54, 1.807) is 0 Å². The number of hydrogen-bond donors (Lipinski definition) is 0. The van der Waals surface area contributed by atoms with Gasteiger partial charge < -0.3 is 0 Å². The minimum Gasteiger partial charge on any atom is -0.283 e. The molecule has 172 valence electrons. The Morgan fingerprint density at radius 3 is 1.38 bits per heavy atom. The summed E-state index contributed by atoms with van der Waals surface area (Å²) >= 11 is 0. The number of rotatable bonds is 7. The number of allylic oxidation sites excluding steroid dienone is 4. The monoisotopic (exact) mass is 446 g/mol. The molecule has 0 fully saturated rings. The van der Waals surface area contributed by atoms with Crippen LogP contribution in [0.4, 0.5) is 5.69 Å². The first-order valence-corrected chi connectivity index (χ1v) is 12.2. The van der Waals surface area contributed by atoms with Gasteiger partial charge in [0.15, 0.2) is 0 Å². The van der Waals surface area contributed by atoms with Gasteiger partial charge in [0.05, 0.1) is 17.1 Å². The predicted octanol–water partition coefficient (Wildman–Crippen LogP) is 8.04. The molecular formula is C32H34N2. The van der Waals surface area contributed by atoms with Crippen molar-refractivity contribution >= 4 is 17.1 Å². The van der Waals surface area contributed by atoms with Gasteiger partial charge in [-0.05, 0) is 96.9 Å². The molecule has 3 aromatic carbocycles. The van der Waals surface area contributed by atoms with E-state index in [1.165, 1.54) is 27.8 Å². The molecule has 0 bridgehead atoms. The Kier molecular flexibility index (Phi) is 7.69. The zero-order valence-electron chi connectivity index (χ0n) is 20.7. The summed E-state index contributed by atoms with van der Waals surface area (Å²) in [6.07, 6.45) is 10.00. The van der Waals surface area contributed by atoms with Gasteiger partial charge in [-0.3, -0.25) is 4.99 Å². The minimum atomic E-state index is 0.300. The highest BCUT2D eigenvalue weighted by molar-refractivity contribution is 6.19.